The number of halogens is 1. The lowest BCUT2D eigenvalue weighted by atomic mass is 10.3. The highest BCUT2D eigenvalue weighted by Gasteiger charge is 2.08. The quantitative estimate of drug-likeness (QED) is 0.370. The van der Waals surface area contributed by atoms with Crippen LogP contribution < -0.4 is 4.72 Å². The molecule has 0 bridgehead atoms. The first-order valence-electron chi connectivity index (χ1n) is 5.14. The molecule has 0 aromatic heterocycles. The predicted octanol–water partition coefficient (Wildman–Crippen LogP) is 1.55. The van der Waals surface area contributed by atoms with Crippen LogP contribution in [0, 0.1) is 0 Å². The van der Waals surface area contributed by atoms with E-state index in [4.69, 9.17) is 4.74 Å². The van der Waals surface area contributed by atoms with Gasteiger partial charge in [0.2, 0.25) is 10.0 Å². The number of ether oxygens (including phenoxy) is 1. The number of unbranched alkanes of at least 4 members (excludes halogenated alkanes) is 2. The molecule has 0 unspecified atom stereocenters. The molecule has 6 heteroatoms. The van der Waals surface area contributed by atoms with E-state index < -0.39 is 10.0 Å². The van der Waals surface area contributed by atoms with Crippen LogP contribution in [0.25, 0.3) is 0 Å². The van der Waals surface area contributed by atoms with Gasteiger partial charge in [-0.1, -0.05) is 29.0 Å². The van der Waals surface area contributed by atoms with Gasteiger partial charge in [0.25, 0.3) is 0 Å². The second-order valence-electron chi connectivity index (χ2n) is 3.31. The molecule has 1 N–H and O–H groups in total. The Balaban J connectivity index is 3.47. The maximum atomic E-state index is 11.4. The summed E-state index contributed by atoms with van der Waals surface area (Å²) in [5.41, 5.74) is 0. The third kappa shape index (κ3) is 10.9. The molecule has 0 heterocycles. The third-order valence-corrected chi connectivity index (χ3v) is 4.13. The SMILES string of the molecule is COCCCS(=O)(=O)NCCCCCI. The standard InChI is InChI=1S/C9H20INO3S/c1-14-8-5-9-15(12,13)11-7-4-2-3-6-10/h11H,2-9H2,1H3. The number of alkyl halides is 1. The summed E-state index contributed by atoms with van der Waals surface area (Å²) in [5, 5.41) is 0. The maximum absolute atomic E-state index is 11.4. The summed E-state index contributed by atoms with van der Waals surface area (Å²) in [4.78, 5) is 0. The largest absolute Gasteiger partial charge is 0.385 e. The zero-order valence-corrected chi connectivity index (χ0v) is 12.1. The molecular weight excluding hydrogens is 329 g/mol. The lowest BCUT2D eigenvalue weighted by Crippen LogP contribution is -2.27. The Morgan fingerprint density at radius 3 is 2.53 bits per heavy atom. The first kappa shape index (κ1) is 15.6. The average Bonchev–Trinajstić information content (AvgIpc) is 2.17. The Labute approximate surface area is 106 Å². The van der Waals surface area contributed by atoms with Gasteiger partial charge in [0.15, 0.2) is 0 Å². The van der Waals surface area contributed by atoms with E-state index in [1.165, 1.54) is 0 Å². The second kappa shape index (κ2) is 9.80. The molecule has 0 fully saturated rings. The normalized spacial score (nSPS) is 11.9. The fraction of sp³-hybridized carbons (Fsp3) is 1.00. The molecule has 0 radical (unpaired) electrons. The van der Waals surface area contributed by atoms with Crippen molar-refractivity contribution in [3.8, 4) is 0 Å². The van der Waals surface area contributed by atoms with Gasteiger partial charge in [-0.25, -0.2) is 13.1 Å². The summed E-state index contributed by atoms with van der Waals surface area (Å²) in [7, 11) is -1.50. The molecule has 0 rings (SSSR count). The van der Waals surface area contributed by atoms with Crippen molar-refractivity contribution in [2.24, 2.45) is 0 Å². The summed E-state index contributed by atoms with van der Waals surface area (Å²) >= 11 is 2.33. The third-order valence-electron chi connectivity index (χ3n) is 1.89. The number of rotatable bonds is 10. The van der Waals surface area contributed by atoms with E-state index in [0.29, 0.717) is 19.6 Å². The van der Waals surface area contributed by atoms with E-state index in [1.807, 2.05) is 0 Å². The molecule has 0 spiro atoms. The molecule has 92 valence electrons. The van der Waals surface area contributed by atoms with Crippen molar-refractivity contribution in [2.45, 2.75) is 25.7 Å². The van der Waals surface area contributed by atoms with Crippen molar-refractivity contribution in [2.75, 3.05) is 30.4 Å². The lowest BCUT2D eigenvalue weighted by molar-refractivity contribution is 0.199. The Hall–Kier alpha value is 0.600. The van der Waals surface area contributed by atoms with E-state index in [9.17, 15) is 8.42 Å². The Morgan fingerprint density at radius 1 is 1.20 bits per heavy atom. The highest BCUT2D eigenvalue weighted by Crippen LogP contribution is 1.98. The zero-order chi connectivity index (χ0) is 11.6. The minimum Gasteiger partial charge on any atom is -0.385 e. The van der Waals surface area contributed by atoms with Gasteiger partial charge in [0.05, 0.1) is 5.75 Å². The van der Waals surface area contributed by atoms with Crippen molar-refractivity contribution < 1.29 is 13.2 Å². The summed E-state index contributed by atoms with van der Waals surface area (Å²) in [6, 6.07) is 0. The summed E-state index contributed by atoms with van der Waals surface area (Å²) in [5.74, 6) is 0.160. The van der Waals surface area contributed by atoms with Gasteiger partial charge < -0.3 is 4.74 Å². The van der Waals surface area contributed by atoms with Gasteiger partial charge in [0, 0.05) is 20.3 Å². The van der Waals surface area contributed by atoms with Crippen LogP contribution in [-0.2, 0) is 14.8 Å². The van der Waals surface area contributed by atoms with Crippen LogP contribution >= 0.6 is 22.6 Å². The van der Waals surface area contributed by atoms with Crippen LogP contribution in [-0.4, -0.2) is 38.9 Å². The van der Waals surface area contributed by atoms with Gasteiger partial charge >= 0.3 is 0 Å². The molecule has 0 saturated heterocycles. The molecule has 0 aromatic carbocycles. The monoisotopic (exact) mass is 349 g/mol. The van der Waals surface area contributed by atoms with E-state index in [-0.39, 0.29) is 5.75 Å². The smallest absolute Gasteiger partial charge is 0.211 e. The first-order chi connectivity index (χ1) is 7.12. The molecule has 0 aromatic rings. The van der Waals surface area contributed by atoms with Crippen LogP contribution in [0.2, 0.25) is 0 Å². The molecule has 0 saturated carbocycles. The fourth-order valence-corrected chi connectivity index (χ4v) is 2.73. The number of nitrogens with one attached hydrogen (secondary N) is 1. The molecule has 0 atom stereocenters. The van der Waals surface area contributed by atoms with Crippen LogP contribution in [0.15, 0.2) is 0 Å². The summed E-state index contributed by atoms with van der Waals surface area (Å²) < 4.78 is 31.3. The lowest BCUT2D eigenvalue weighted by Gasteiger charge is -2.05. The second-order valence-corrected chi connectivity index (χ2v) is 6.31. The molecule has 0 aliphatic carbocycles. The van der Waals surface area contributed by atoms with Crippen molar-refractivity contribution in [1.82, 2.24) is 4.72 Å². The van der Waals surface area contributed by atoms with Gasteiger partial charge in [-0.3, -0.25) is 0 Å². The highest BCUT2D eigenvalue weighted by molar-refractivity contribution is 14.1. The van der Waals surface area contributed by atoms with Crippen molar-refractivity contribution in [3.05, 3.63) is 0 Å². The highest BCUT2D eigenvalue weighted by atomic mass is 127. The van der Waals surface area contributed by atoms with Crippen molar-refractivity contribution in [3.63, 3.8) is 0 Å². The first-order valence-corrected chi connectivity index (χ1v) is 8.32. The fourth-order valence-electron chi connectivity index (χ4n) is 1.09. The topological polar surface area (TPSA) is 55.4 Å². The minimum absolute atomic E-state index is 0.160. The number of methoxy groups -OCH3 is 1. The van der Waals surface area contributed by atoms with E-state index >= 15 is 0 Å². The van der Waals surface area contributed by atoms with Crippen LogP contribution in [0.4, 0.5) is 0 Å². The van der Waals surface area contributed by atoms with Crippen molar-refractivity contribution in [1.29, 1.82) is 0 Å². The molecule has 0 aliphatic rings. The predicted molar refractivity (Wildman–Crippen MR) is 71.0 cm³/mol. The van der Waals surface area contributed by atoms with E-state index in [2.05, 4.69) is 27.3 Å². The van der Waals surface area contributed by atoms with E-state index in [1.54, 1.807) is 7.11 Å². The summed E-state index contributed by atoms with van der Waals surface area (Å²) in [6.07, 6.45) is 3.72. The van der Waals surface area contributed by atoms with Gasteiger partial charge in [-0.05, 0) is 23.7 Å². The number of hydrogen-bond donors (Lipinski definition) is 1. The number of hydrogen-bond acceptors (Lipinski definition) is 3. The average molecular weight is 349 g/mol. The molecular formula is C9H20INO3S. The van der Waals surface area contributed by atoms with E-state index in [0.717, 1.165) is 23.7 Å². The summed E-state index contributed by atoms with van der Waals surface area (Å²) in [6.45, 7) is 1.06. The molecule has 15 heavy (non-hydrogen) atoms. The Morgan fingerprint density at radius 2 is 1.93 bits per heavy atom. The van der Waals surface area contributed by atoms with Gasteiger partial charge in [0.1, 0.15) is 0 Å². The van der Waals surface area contributed by atoms with Gasteiger partial charge in [-0.2, -0.15) is 0 Å². The van der Waals surface area contributed by atoms with Crippen LogP contribution in [0.3, 0.4) is 0 Å². The maximum Gasteiger partial charge on any atom is 0.211 e. The van der Waals surface area contributed by atoms with Crippen LogP contribution in [0.5, 0.6) is 0 Å². The van der Waals surface area contributed by atoms with Crippen molar-refractivity contribution >= 4 is 32.6 Å². The molecule has 0 amide bonds. The van der Waals surface area contributed by atoms with Crippen LogP contribution in [0.1, 0.15) is 25.7 Å². The minimum atomic E-state index is -3.07. The number of sulfonamides is 1. The van der Waals surface area contributed by atoms with Gasteiger partial charge in [-0.15, -0.1) is 0 Å². The Bertz CT molecular complexity index is 232. The Kier molecular flexibility index (Phi) is 10.2. The zero-order valence-electron chi connectivity index (χ0n) is 9.17. The molecule has 4 nitrogen and oxygen atoms in total. The molecule has 0 aliphatic heterocycles.